The van der Waals surface area contributed by atoms with Crippen LogP contribution in [0.15, 0.2) is 18.2 Å². The molecule has 2 fully saturated rings. The second kappa shape index (κ2) is 12.3. The molecule has 0 amide bonds. The number of methoxy groups -OCH3 is 2. The molecule has 10 rings (SSSR count). The van der Waals surface area contributed by atoms with Gasteiger partial charge >= 0.3 is 11.9 Å². The highest BCUT2D eigenvalue weighted by Crippen LogP contribution is 2.63. The van der Waals surface area contributed by atoms with Gasteiger partial charge < -0.3 is 38.6 Å². The number of piperazine rings is 1. The highest BCUT2D eigenvalue weighted by atomic mass is 32.2. The van der Waals surface area contributed by atoms with Crippen molar-refractivity contribution in [3.8, 4) is 40.2 Å². The largest absolute Gasteiger partial charge is 0.504 e. The van der Waals surface area contributed by atoms with E-state index in [-0.39, 0.29) is 54.5 Å². The lowest BCUT2D eigenvalue weighted by Gasteiger charge is -2.60. The van der Waals surface area contributed by atoms with Gasteiger partial charge in [-0.25, -0.2) is 4.79 Å². The minimum Gasteiger partial charge on any atom is -0.504 e. The molecule has 4 bridgehead atoms. The maximum atomic E-state index is 14.7. The Labute approximate surface area is 311 Å². The molecular weight excluding hydrogens is 703 g/mol. The summed E-state index contributed by atoms with van der Waals surface area (Å²) < 4.78 is 36.2. The van der Waals surface area contributed by atoms with Crippen LogP contribution in [0.3, 0.4) is 0 Å². The standard InChI is InChI=1S/C39H43N3O10S/c1-17-9-21-10-22-13-42-24-14-49-38(46)39(23-12-26(47-5)25(44)11-20(23)7-8-40-39)15-53-37(31(42)30(41(22)4)27(21)32(45)33(17)48-6)29-28(24)36-35(50-16-51-36)18(2)34(29)52-19(3)43/h9,11-12,22,24,30-31,37,40,44-45H,7-8,10,13-16H2,1-6H3/t22-,24-,30-,31?,37+,39+/m0/s1. The van der Waals surface area contributed by atoms with Crippen molar-refractivity contribution < 1.29 is 48.2 Å². The van der Waals surface area contributed by atoms with Gasteiger partial charge in [-0.05, 0) is 68.1 Å². The zero-order valence-corrected chi connectivity index (χ0v) is 31.3. The number of phenolic OH excluding ortho intramolecular Hbond substituents is 2. The predicted octanol–water partition coefficient (Wildman–Crippen LogP) is 4.09. The predicted molar refractivity (Wildman–Crippen MR) is 193 cm³/mol. The van der Waals surface area contributed by atoms with E-state index in [9.17, 15) is 19.8 Å². The topological polar surface area (TPSA) is 148 Å². The first kappa shape index (κ1) is 34.4. The normalized spacial score (nSPS) is 28.3. The molecular formula is C39H43N3O10S. The lowest BCUT2D eigenvalue weighted by atomic mass is 9.73. The smallest absolute Gasteiger partial charge is 0.331 e. The van der Waals surface area contributed by atoms with E-state index in [4.69, 9.17) is 28.4 Å². The van der Waals surface area contributed by atoms with Crippen LogP contribution >= 0.6 is 11.8 Å². The molecule has 2 saturated heterocycles. The fourth-order valence-electron chi connectivity index (χ4n) is 9.92. The average Bonchev–Trinajstić information content (AvgIpc) is 3.61. The number of aromatic hydroxyl groups is 2. The summed E-state index contributed by atoms with van der Waals surface area (Å²) in [5, 5.41) is 25.8. The molecule has 53 heavy (non-hydrogen) atoms. The van der Waals surface area contributed by atoms with Crippen molar-refractivity contribution in [3.05, 3.63) is 62.7 Å². The van der Waals surface area contributed by atoms with Crippen LogP contribution in [0.5, 0.6) is 40.2 Å². The molecule has 3 aromatic carbocycles. The highest BCUT2D eigenvalue weighted by Gasteiger charge is 2.59. The summed E-state index contributed by atoms with van der Waals surface area (Å²) in [5.74, 6) is 1.66. The number of fused-ring (bicyclic) bond motifs is 9. The van der Waals surface area contributed by atoms with Crippen molar-refractivity contribution in [2.24, 2.45) is 0 Å². The number of rotatable bonds is 3. The molecule has 7 heterocycles. The summed E-state index contributed by atoms with van der Waals surface area (Å²) in [6.45, 7) is 6.33. The minimum absolute atomic E-state index is 0.00613. The van der Waals surface area contributed by atoms with Gasteiger partial charge in [-0.1, -0.05) is 6.07 Å². The molecule has 1 spiro atoms. The van der Waals surface area contributed by atoms with Gasteiger partial charge in [-0.2, -0.15) is 0 Å². The third kappa shape index (κ3) is 4.81. The zero-order chi connectivity index (χ0) is 37.1. The molecule has 1 unspecified atom stereocenters. The van der Waals surface area contributed by atoms with E-state index >= 15 is 0 Å². The molecule has 14 heteroatoms. The number of nitrogens with zero attached hydrogens (tertiary/aromatic N) is 2. The maximum absolute atomic E-state index is 14.7. The second-order valence-corrected chi connectivity index (χ2v) is 16.0. The summed E-state index contributed by atoms with van der Waals surface area (Å²) in [6, 6.07) is 4.51. The number of nitrogens with one attached hydrogen (secondary N) is 1. The number of phenols is 2. The van der Waals surface area contributed by atoms with E-state index in [1.165, 1.54) is 14.0 Å². The van der Waals surface area contributed by atoms with E-state index < -0.39 is 28.8 Å². The number of hydrogen-bond donors (Lipinski definition) is 3. The van der Waals surface area contributed by atoms with Crippen LogP contribution in [0.2, 0.25) is 0 Å². The summed E-state index contributed by atoms with van der Waals surface area (Å²) in [7, 11) is 5.17. The Morgan fingerprint density at radius 3 is 2.57 bits per heavy atom. The molecule has 3 N–H and O–H groups in total. The Balaban J connectivity index is 1.30. The number of esters is 2. The molecule has 7 aliphatic rings. The number of hydrogen-bond acceptors (Lipinski definition) is 14. The van der Waals surface area contributed by atoms with E-state index in [2.05, 4.69) is 28.2 Å². The summed E-state index contributed by atoms with van der Waals surface area (Å²) >= 11 is 1.58. The van der Waals surface area contributed by atoms with Crippen LogP contribution < -0.4 is 29.0 Å². The molecule has 0 saturated carbocycles. The molecule has 0 radical (unpaired) electrons. The van der Waals surface area contributed by atoms with Crippen LogP contribution in [0.25, 0.3) is 0 Å². The Kier molecular flexibility index (Phi) is 8.01. The monoisotopic (exact) mass is 745 g/mol. The first-order chi connectivity index (χ1) is 25.5. The second-order valence-electron chi connectivity index (χ2n) is 14.9. The number of benzene rings is 3. The Morgan fingerprint density at radius 2 is 1.81 bits per heavy atom. The Bertz CT molecular complexity index is 2090. The summed E-state index contributed by atoms with van der Waals surface area (Å²) in [5.41, 5.74) is 5.22. The van der Waals surface area contributed by atoms with Crippen LogP contribution in [0.1, 0.15) is 68.8 Å². The quantitative estimate of drug-likeness (QED) is 0.261. The lowest BCUT2D eigenvalue weighted by molar-refractivity contribution is -0.156. The van der Waals surface area contributed by atoms with E-state index in [1.54, 1.807) is 31.0 Å². The fraction of sp³-hybridized carbons (Fsp3) is 0.487. The SMILES string of the molecule is COc1cc2c(cc1O)CCN[C@]21CS[C@@H]2c3c(OC(C)=O)c(C)c4c(c3[C@H](COC1=O)N1C[C@@H]3Cc5cc(C)c(OC)c(O)c5[C@@H](C21)N3C)OCO4. The third-order valence-corrected chi connectivity index (χ3v) is 13.7. The van der Waals surface area contributed by atoms with Gasteiger partial charge in [0.25, 0.3) is 0 Å². The minimum atomic E-state index is -1.29. The van der Waals surface area contributed by atoms with Crippen molar-refractivity contribution in [2.75, 3.05) is 53.5 Å². The van der Waals surface area contributed by atoms with Gasteiger partial charge in [0.05, 0.1) is 31.6 Å². The fourth-order valence-corrected chi connectivity index (χ4v) is 11.6. The summed E-state index contributed by atoms with van der Waals surface area (Å²) in [6.07, 6.45) is 1.31. The first-order valence-corrected chi connectivity index (χ1v) is 19.0. The third-order valence-electron chi connectivity index (χ3n) is 12.2. The molecule has 7 aliphatic heterocycles. The van der Waals surface area contributed by atoms with Gasteiger partial charge in [0.15, 0.2) is 40.0 Å². The van der Waals surface area contributed by atoms with Crippen molar-refractivity contribution in [3.63, 3.8) is 0 Å². The number of thioether (sulfide) groups is 1. The number of aryl methyl sites for hydroxylation is 1. The number of likely N-dealkylation sites (N-methyl/N-ethyl adjacent to an activating group) is 1. The highest BCUT2D eigenvalue weighted by molar-refractivity contribution is 7.99. The van der Waals surface area contributed by atoms with Crippen molar-refractivity contribution in [1.82, 2.24) is 15.1 Å². The molecule has 6 atom stereocenters. The first-order valence-electron chi connectivity index (χ1n) is 17.9. The number of carbonyl (C=O) groups excluding carboxylic acids is 2. The Morgan fingerprint density at radius 1 is 1.02 bits per heavy atom. The van der Waals surface area contributed by atoms with Crippen LogP contribution in [-0.2, 0) is 32.7 Å². The summed E-state index contributed by atoms with van der Waals surface area (Å²) in [4.78, 5) is 32.3. The lowest BCUT2D eigenvalue weighted by Crippen LogP contribution is -2.65. The molecule has 0 aromatic heterocycles. The van der Waals surface area contributed by atoms with Crippen LogP contribution in [0.4, 0.5) is 0 Å². The van der Waals surface area contributed by atoms with Gasteiger partial charge in [0, 0.05) is 60.1 Å². The average molecular weight is 746 g/mol. The van der Waals surface area contributed by atoms with Crippen LogP contribution in [-0.4, -0.2) is 97.5 Å². The molecule has 3 aromatic rings. The number of carbonyl (C=O) groups is 2. The number of ether oxygens (including phenoxy) is 6. The van der Waals surface area contributed by atoms with Gasteiger partial charge in [0.1, 0.15) is 12.4 Å². The van der Waals surface area contributed by atoms with Gasteiger partial charge in [0.2, 0.25) is 6.79 Å². The Hall–Kier alpha value is -4.37. The van der Waals surface area contributed by atoms with E-state index in [0.717, 1.165) is 33.4 Å². The van der Waals surface area contributed by atoms with E-state index in [0.29, 0.717) is 60.1 Å². The van der Waals surface area contributed by atoms with Gasteiger partial charge in [-0.15, -0.1) is 11.8 Å². The van der Waals surface area contributed by atoms with Gasteiger partial charge in [-0.3, -0.25) is 19.9 Å². The van der Waals surface area contributed by atoms with Crippen molar-refractivity contribution in [2.45, 2.75) is 68.6 Å². The van der Waals surface area contributed by atoms with Crippen LogP contribution in [0, 0.1) is 13.8 Å². The molecule has 0 aliphatic carbocycles. The maximum Gasteiger partial charge on any atom is 0.331 e. The van der Waals surface area contributed by atoms with E-state index in [1.807, 2.05) is 13.8 Å². The van der Waals surface area contributed by atoms with Crippen molar-refractivity contribution >= 4 is 23.7 Å². The molecule has 280 valence electrons. The van der Waals surface area contributed by atoms with Crippen molar-refractivity contribution in [1.29, 1.82) is 0 Å². The zero-order valence-electron chi connectivity index (χ0n) is 30.5. The molecule has 13 nitrogen and oxygen atoms in total.